The molecule has 2 heterocycles. The van der Waals surface area contributed by atoms with Crippen molar-refractivity contribution in [3.05, 3.63) is 194 Å². The summed E-state index contributed by atoms with van der Waals surface area (Å²) in [6.07, 6.45) is 0. The number of thiophene rings is 2. The molecule has 0 fully saturated rings. The van der Waals surface area contributed by atoms with Crippen molar-refractivity contribution in [1.82, 2.24) is 0 Å². The molecule has 0 aliphatic heterocycles. The molecule has 0 saturated heterocycles. The molecule has 0 amide bonds. The number of hydrogen-bond donors (Lipinski definition) is 0. The van der Waals surface area contributed by atoms with Crippen LogP contribution in [0.2, 0.25) is 0 Å². The molecule has 0 spiro atoms. The van der Waals surface area contributed by atoms with Crippen LogP contribution in [-0.4, -0.2) is 0 Å². The predicted molar refractivity (Wildman–Crippen MR) is 256 cm³/mol. The van der Waals surface area contributed by atoms with Crippen molar-refractivity contribution in [2.24, 2.45) is 0 Å². The first-order chi connectivity index (χ1) is 28.8. The van der Waals surface area contributed by atoms with E-state index in [1.54, 1.807) is 0 Å². The summed E-state index contributed by atoms with van der Waals surface area (Å²) in [6.45, 7) is 0. The molecule has 0 atom stereocenters. The van der Waals surface area contributed by atoms with Gasteiger partial charge < -0.3 is 0 Å². The standard InChI is InChI=1S/C56H32S2/c1-2-14-38-33(12-1)13-11-22-41(38)53-45-20-7-5-18-43(45)52(44-19-6-8-21-46(44)53)37-27-25-34-30-36(26-24-35(34)31-37)49-32-51-54(42-17-4-3-15-39(42)49)48-29-28-47-40-16-9-10-23-50(40)57-55(47)56(48)58-51/h1-32H. The average Bonchev–Trinajstić information content (AvgIpc) is 3.86. The lowest BCUT2D eigenvalue weighted by Crippen LogP contribution is -1.91. The van der Waals surface area contributed by atoms with Crippen LogP contribution < -0.4 is 0 Å². The van der Waals surface area contributed by atoms with E-state index in [0.717, 1.165) is 0 Å². The van der Waals surface area contributed by atoms with Crippen molar-refractivity contribution >= 4 is 117 Å². The molecule has 2 heteroatoms. The molecule has 0 N–H and O–H groups in total. The first kappa shape index (κ1) is 32.3. The molecule has 2 aromatic heterocycles. The minimum atomic E-state index is 1.24. The minimum Gasteiger partial charge on any atom is -0.134 e. The van der Waals surface area contributed by atoms with Crippen LogP contribution in [0.15, 0.2) is 194 Å². The minimum absolute atomic E-state index is 1.24. The van der Waals surface area contributed by atoms with Gasteiger partial charge in [-0.05, 0) is 112 Å². The van der Waals surface area contributed by atoms with Gasteiger partial charge in [0.2, 0.25) is 0 Å². The van der Waals surface area contributed by atoms with Crippen LogP contribution in [0.4, 0.5) is 0 Å². The highest BCUT2D eigenvalue weighted by molar-refractivity contribution is 7.33. The second-order valence-electron chi connectivity index (χ2n) is 15.5. The van der Waals surface area contributed by atoms with E-state index in [9.17, 15) is 0 Å². The fourth-order valence-electron chi connectivity index (χ4n) is 9.86. The molecule has 0 unspecified atom stereocenters. The number of fused-ring (bicyclic) bond motifs is 13. The van der Waals surface area contributed by atoms with Crippen LogP contribution >= 0.6 is 22.7 Å². The summed E-state index contributed by atoms with van der Waals surface area (Å²) < 4.78 is 5.49. The summed E-state index contributed by atoms with van der Waals surface area (Å²) in [7, 11) is 0. The lowest BCUT2D eigenvalue weighted by Gasteiger charge is -2.19. The van der Waals surface area contributed by atoms with Gasteiger partial charge in [0, 0.05) is 30.9 Å². The van der Waals surface area contributed by atoms with Gasteiger partial charge in [-0.1, -0.05) is 170 Å². The highest BCUT2D eigenvalue weighted by Crippen LogP contribution is 2.49. The van der Waals surface area contributed by atoms with E-state index in [4.69, 9.17) is 0 Å². The molecular weight excluding hydrogens is 737 g/mol. The molecule has 13 rings (SSSR count). The van der Waals surface area contributed by atoms with Crippen LogP contribution in [0.3, 0.4) is 0 Å². The molecule has 13 aromatic rings. The van der Waals surface area contributed by atoms with E-state index in [2.05, 4.69) is 194 Å². The van der Waals surface area contributed by atoms with Crippen LogP contribution in [-0.2, 0) is 0 Å². The van der Waals surface area contributed by atoms with Crippen molar-refractivity contribution in [1.29, 1.82) is 0 Å². The van der Waals surface area contributed by atoms with Crippen LogP contribution in [0.5, 0.6) is 0 Å². The number of hydrogen-bond acceptors (Lipinski definition) is 2. The third-order valence-corrected chi connectivity index (χ3v) is 14.9. The zero-order chi connectivity index (χ0) is 37.9. The number of rotatable bonds is 3. The molecule has 0 aliphatic rings. The van der Waals surface area contributed by atoms with Gasteiger partial charge in [0.15, 0.2) is 0 Å². The summed E-state index contributed by atoms with van der Waals surface area (Å²) in [5.74, 6) is 0. The van der Waals surface area contributed by atoms with Gasteiger partial charge in [0.05, 0.1) is 9.40 Å². The quantitative estimate of drug-likeness (QED) is 0.157. The summed E-state index contributed by atoms with van der Waals surface area (Å²) >= 11 is 3.87. The lowest BCUT2D eigenvalue weighted by molar-refractivity contribution is 1.68. The normalized spacial score (nSPS) is 12.1. The zero-order valence-electron chi connectivity index (χ0n) is 31.3. The van der Waals surface area contributed by atoms with Crippen molar-refractivity contribution in [2.75, 3.05) is 0 Å². The second-order valence-corrected chi connectivity index (χ2v) is 17.6. The van der Waals surface area contributed by atoms with Gasteiger partial charge in [-0.15, -0.1) is 22.7 Å². The average molecular weight is 769 g/mol. The Hall–Kier alpha value is -6.84. The van der Waals surface area contributed by atoms with E-state index in [-0.39, 0.29) is 0 Å². The van der Waals surface area contributed by atoms with Crippen molar-refractivity contribution in [3.63, 3.8) is 0 Å². The molecule has 0 saturated carbocycles. The molecule has 268 valence electrons. The lowest BCUT2D eigenvalue weighted by atomic mass is 9.84. The smallest absolute Gasteiger partial charge is 0.0534 e. The molecular formula is C56H32S2. The van der Waals surface area contributed by atoms with E-state index < -0.39 is 0 Å². The first-order valence-corrected chi connectivity index (χ1v) is 21.5. The predicted octanol–water partition coefficient (Wildman–Crippen LogP) is 17.2. The van der Waals surface area contributed by atoms with Crippen molar-refractivity contribution in [3.8, 4) is 33.4 Å². The Balaban J connectivity index is 0.989. The van der Waals surface area contributed by atoms with Crippen molar-refractivity contribution < 1.29 is 0 Å². The molecule has 11 aromatic carbocycles. The van der Waals surface area contributed by atoms with Gasteiger partial charge in [-0.3, -0.25) is 0 Å². The molecule has 58 heavy (non-hydrogen) atoms. The third kappa shape index (κ3) is 4.62. The summed E-state index contributed by atoms with van der Waals surface area (Å²) in [6, 6.07) is 72.5. The van der Waals surface area contributed by atoms with E-state index in [1.807, 2.05) is 22.7 Å². The Bertz CT molecular complexity index is 3800. The summed E-state index contributed by atoms with van der Waals surface area (Å²) in [4.78, 5) is 0. The topological polar surface area (TPSA) is 0 Å². The highest BCUT2D eigenvalue weighted by Gasteiger charge is 2.20. The fraction of sp³-hybridized carbons (Fsp3) is 0. The van der Waals surface area contributed by atoms with E-state index in [0.29, 0.717) is 0 Å². The largest absolute Gasteiger partial charge is 0.134 e. The molecule has 0 radical (unpaired) electrons. The highest BCUT2D eigenvalue weighted by atomic mass is 32.1. The maximum absolute atomic E-state index is 2.45. The summed E-state index contributed by atoms with van der Waals surface area (Å²) in [5.41, 5.74) is 7.63. The Kier molecular flexibility index (Phi) is 6.86. The Labute approximate surface area is 342 Å². The van der Waals surface area contributed by atoms with E-state index in [1.165, 1.54) is 128 Å². The van der Waals surface area contributed by atoms with Gasteiger partial charge in [0.25, 0.3) is 0 Å². The second kappa shape index (κ2) is 12.3. The van der Waals surface area contributed by atoms with Gasteiger partial charge in [0.1, 0.15) is 0 Å². The molecule has 0 bridgehead atoms. The van der Waals surface area contributed by atoms with Crippen molar-refractivity contribution in [2.45, 2.75) is 0 Å². The van der Waals surface area contributed by atoms with Gasteiger partial charge in [-0.25, -0.2) is 0 Å². The first-order valence-electron chi connectivity index (χ1n) is 19.9. The Morgan fingerprint density at radius 3 is 1.55 bits per heavy atom. The third-order valence-electron chi connectivity index (χ3n) is 12.4. The maximum atomic E-state index is 2.45. The van der Waals surface area contributed by atoms with Crippen LogP contribution in [0.25, 0.3) is 128 Å². The maximum Gasteiger partial charge on any atom is 0.0534 e. The fourth-order valence-corrected chi connectivity index (χ4v) is 12.5. The van der Waals surface area contributed by atoms with Crippen LogP contribution in [0, 0.1) is 0 Å². The zero-order valence-corrected chi connectivity index (χ0v) is 32.9. The monoisotopic (exact) mass is 768 g/mol. The molecule has 0 aliphatic carbocycles. The van der Waals surface area contributed by atoms with Crippen LogP contribution in [0.1, 0.15) is 0 Å². The van der Waals surface area contributed by atoms with Gasteiger partial charge >= 0.3 is 0 Å². The Morgan fingerprint density at radius 2 is 0.793 bits per heavy atom. The summed E-state index contributed by atoms with van der Waals surface area (Å²) in [5, 5.41) is 18.2. The molecule has 0 nitrogen and oxygen atoms in total. The van der Waals surface area contributed by atoms with E-state index >= 15 is 0 Å². The Morgan fingerprint density at radius 1 is 0.259 bits per heavy atom. The SMILES string of the molecule is c1ccc2c(-c3c4ccccc4c(-c4ccc5cc(-c6cc7sc8c(ccc9c%10ccccc%10sc98)c7c7ccccc67)ccc5c4)c4ccccc34)cccc2c1. The van der Waals surface area contributed by atoms with Gasteiger partial charge in [-0.2, -0.15) is 0 Å². The number of benzene rings is 11.